The van der Waals surface area contributed by atoms with Gasteiger partial charge in [-0.1, -0.05) is 54.6 Å². The summed E-state index contributed by atoms with van der Waals surface area (Å²) >= 11 is 0. The molecular weight excluding hydrogens is 448 g/mol. The highest BCUT2D eigenvalue weighted by Gasteiger charge is 2.23. The molecule has 0 radical (unpaired) electrons. The quantitative estimate of drug-likeness (QED) is 0.341. The summed E-state index contributed by atoms with van der Waals surface area (Å²) in [4.78, 5) is 24.0. The average Bonchev–Trinajstić information content (AvgIpc) is 2.89. The number of aromatic nitrogens is 2. The van der Waals surface area contributed by atoms with Crippen molar-refractivity contribution >= 4 is 39.5 Å². The highest BCUT2D eigenvalue weighted by Crippen LogP contribution is 2.26. The standard InChI is InChI=1S/C29H34N6O/c1-35(2)27-25-12-5-6-13-26(25)33-28(34-27)31-22-14-16-23(17-15-22)32-29(36)30-19-18-21-10-7-9-20-8-3-4-11-24(20)21/h3-13,22-23H,14-19H2,1-2H3,(H2,30,32,36)(H,31,33,34)/t22-,23+. The lowest BCUT2D eigenvalue weighted by Gasteiger charge is -2.30. The van der Waals surface area contributed by atoms with Gasteiger partial charge in [0, 0.05) is 38.1 Å². The molecule has 2 amide bonds. The molecule has 186 valence electrons. The van der Waals surface area contributed by atoms with Crippen LogP contribution >= 0.6 is 0 Å². The predicted molar refractivity (Wildman–Crippen MR) is 148 cm³/mol. The minimum absolute atomic E-state index is 0.0832. The zero-order chi connectivity index (χ0) is 24.9. The van der Waals surface area contributed by atoms with Gasteiger partial charge in [0.15, 0.2) is 0 Å². The van der Waals surface area contributed by atoms with Crippen LogP contribution in [0.5, 0.6) is 0 Å². The molecular formula is C29H34N6O. The lowest BCUT2D eigenvalue weighted by molar-refractivity contribution is 0.232. The van der Waals surface area contributed by atoms with Gasteiger partial charge in [-0.15, -0.1) is 0 Å². The molecule has 0 unspecified atom stereocenters. The summed E-state index contributed by atoms with van der Waals surface area (Å²) < 4.78 is 0. The topological polar surface area (TPSA) is 82.2 Å². The van der Waals surface area contributed by atoms with Gasteiger partial charge >= 0.3 is 6.03 Å². The Morgan fingerprint density at radius 1 is 0.861 bits per heavy atom. The van der Waals surface area contributed by atoms with Gasteiger partial charge in [0.1, 0.15) is 5.82 Å². The minimum atomic E-state index is -0.0832. The number of anilines is 2. The number of rotatable bonds is 7. The van der Waals surface area contributed by atoms with E-state index in [4.69, 9.17) is 9.97 Å². The van der Waals surface area contributed by atoms with E-state index < -0.39 is 0 Å². The smallest absolute Gasteiger partial charge is 0.315 e. The molecule has 1 heterocycles. The van der Waals surface area contributed by atoms with Crippen LogP contribution < -0.4 is 20.9 Å². The van der Waals surface area contributed by atoms with Crippen LogP contribution in [0.3, 0.4) is 0 Å². The Kier molecular flexibility index (Phi) is 7.16. The van der Waals surface area contributed by atoms with Crippen molar-refractivity contribution in [1.82, 2.24) is 20.6 Å². The van der Waals surface area contributed by atoms with E-state index in [-0.39, 0.29) is 12.1 Å². The van der Waals surface area contributed by atoms with E-state index in [1.807, 2.05) is 37.2 Å². The van der Waals surface area contributed by atoms with Crippen molar-refractivity contribution in [2.45, 2.75) is 44.2 Å². The van der Waals surface area contributed by atoms with Crippen LogP contribution in [0.4, 0.5) is 16.6 Å². The molecule has 0 atom stereocenters. The molecule has 1 saturated carbocycles. The van der Waals surface area contributed by atoms with E-state index in [2.05, 4.69) is 64.5 Å². The summed E-state index contributed by atoms with van der Waals surface area (Å²) in [5.41, 5.74) is 2.20. The number of urea groups is 1. The molecule has 36 heavy (non-hydrogen) atoms. The first-order chi connectivity index (χ1) is 17.6. The summed E-state index contributed by atoms with van der Waals surface area (Å²) in [7, 11) is 4.01. The van der Waals surface area contributed by atoms with E-state index in [1.165, 1.54) is 16.3 Å². The van der Waals surface area contributed by atoms with Gasteiger partial charge in [0.2, 0.25) is 5.95 Å². The van der Waals surface area contributed by atoms with Crippen molar-refractivity contribution < 1.29 is 4.79 Å². The summed E-state index contributed by atoms with van der Waals surface area (Å²) in [6.07, 6.45) is 4.61. The maximum atomic E-state index is 12.5. The zero-order valence-electron chi connectivity index (χ0n) is 21.0. The first kappa shape index (κ1) is 23.9. The molecule has 1 aromatic heterocycles. The van der Waals surface area contributed by atoms with Gasteiger partial charge < -0.3 is 20.9 Å². The minimum Gasteiger partial charge on any atom is -0.362 e. The molecule has 1 aliphatic rings. The Bertz CT molecular complexity index is 1340. The third-order valence-corrected chi connectivity index (χ3v) is 6.96. The van der Waals surface area contributed by atoms with Crippen LogP contribution in [0.2, 0.25) is 0 Å². The number of hydrogen-bond acceptors (Lipinski definition) is 5. The van der Waals surface area contributed by atoms with Crippen LogP contribution in [-0.2, 0) is 6.42 Å². The lowest BCUT2D eigenvalue weighted by Crippen LogP contribution is -2.45. The van der Waals surface area contributed by atoms with Crippen molar-refractivity contribution in [2.24, 2.45) is 0 Å². The van der Waals surface area contributed by atoms with Gasteiger partial charge in [-0.05, 0) is 60.6 Å². The van der Waals surface area contributed by atoms with Gasteiger partial charge in [-0.2, -0.15) is 4.98 Å². The molecule has 1 fully saturated rings. The molecule has 4 aromatic rings. The van der Waals surface area contributed by atoms with Gasteiger partial charge in [0.25, 0.3) is 0 Å². The number of amides is 2. The first-order valence-corrected chi connectivity index (χ1v) is 12.8. The number of carbonyl (C=O) groups is 1. The van der Waals surface area contributed by atoms with Crippen molar-refractivity contribution in [1.29, 1.82) is 0 Å². The molecule has 1 aliphatic carbocycles. The number of nitrogens with one attached hydrogen (secondary N) is 3. The fourth-order valence-electron chi connectivity index (χ4n) is 5.09. The molecule has 7 nitrogen and oxygen atoms in total. The Morgan fingerprint density at radius 3 is 2.36 bits per heavy atom. The molecule has 3 aromatic carbocycles. The fourth-order valence-corrected chi connectivity index (χ4v) is 5.09. The summed E-state index contributed by atoms with van der Waals surface area (Å²) in [5, 5.41) is 13.3. The van der Waals surface area contributed by atoms with Crippen molar-refractivity contribution in [2.75, 3.05) is 30.9 Å². The number of benzene rings is 3. The second kappa shape index (κ2) is 10.8. The molecule has 7 heteroatoms. The van der Waals surface area contributed by atoms with Gasteiger partial charge in [-0.3, -0.25) is 0 Å². The Morgan fingerprint density at radius 2 is 1.56 bits per heavy atom. The van der Waals surface area contributed by atoms with Gasteiger partial charge in [-0.25, -0.2) is 9.78 Å². The summed E-state index contributed by atoms with van der Waals surface area (Å²) in [6, 6.07) is 23.2. The fraction of sp³-hybridized carbons (Fsp3) is 0.345. The van der Waals surface area contributed by atoms with Crippen LogP contribution in [0, 0.1) is 0 Å². The third-order valence-electron chi connectivity index (χ3n) is 6.96. The molecule has 0 aliphatic heterocycles. The molecule has 5 rings (SSSR count). The second-order valence-electron chi connectivity index (χ2n) is 9.76. The highest BCUT2D eigenvalue weighted by atomic mass is 16.2. The molecule has 0 saturated heterocycles. The lowest BCUT2D eigenvalue weighted by atomic mass is 9.91. The number of carbonyl (C=O) groups excluding carboxylic acids is 1. The molecule has 3 N–H and O–H groups in total. The number of fused-ring (bicyclic) bond motifs is 2. The average molecular weight is 483 g/mol. The number of hydrogen-bond donors (Lipinski definition) is 3. The predicted octanol–water partition coefficient (Wildman–Crippen LogP) is 5.11. The van der Waals surface area contributed by atoms with Gasteiger partial charge in [0.05, 0.1) is 5.52 Å². The SMILES string of the molecule is CN(C)c1nc(N[C@H]2CC[C@@H](NC(=O)NCCc3cccc4ccccc34)CC2)nc2ccccc12. The Hall–Kier alpha value is -3.87. The van der Waals surface area contributed by atoms with E-state index >= 15 is 0 Å². The summed E-state index contributed by atoms with van der Waals surface area (Å²) in [6.45, 7) is 0.615. The largest absolute Gasteiger partial charge is 0.362 e. The molecule has 0 spiro atoms. The second-order valence-corrected chi connectivity index (χ2v) is 9.76. The van der Waals surface area contributed by atoms with Crippen LogP contribution in [0.1, 0.15) is 31.2 Å². The van der Waals surface area contributed by atoms with Crippen molar-refractivity contribution in [3.8, 4) is 0 Å². The Balaban J connectivity index is 1.09. The summed E-state index contributed by atoms with van der Waals surface area (Å²) in [5.74, 6) is 1.58. The van der Waals surface area contributed by atoms with Crippen molar-refractivity contribution in [3.63, 3.8) is 0 Å². The van der Waals surface area contributed by atoms with E-state index in [1.54, 1.807) is 0 Å². The Labute approximate surface area is 212 Å². The maximum absolute atomic E-state index is 12.5. The highest BCUT2D eigenvalue weighted by molar-refractivity contribution is 5.90. The van der Waals surface area contributed by atoms with Crippen LogP contribution in [0.25, 0.3) is 21.7 Å². The van der Waals surface area contributed by atoms with E-state index in [9.17, 15) is 4.79 Å². The third kappa shape index (κ3) is 5.51. The maximum Gasteiger partial charge on any atom is 0.315 e. The zero-order valence-corrected chi connectivity index (χ0v) is 21.0. The van der Waals surface area contributed by atoms with Crippen LogP contribution in [-0.4, -0.2) is 48.7 Å². The number of nitrogens with zero attached hydrogens (tertiary/aromatic N) is 3. The number of para-hydroxylation sites is 1. The molecule has 0 bridgehead atoms. The van der Waals surface area contributed by atoms with E-state index in [0.717, 1.165) is 48.8 Å². The first-order valence-electron chi connectivity index (χ1n) is 12.8. The van der Waals surface area contributed by atoms with Crippen molar-refractivity contribution in [3.05, 3.63) is 72.3 Å². The van der Waals surface area contributed by atoms with Crippen LogP contribution in [0.15, 0.2) is 66.7 Å². The normalized spacial score (nSPS) is 17.6. The van der Waals surface area contributed by atoms with E-state index in [0.29, 0.717) is 18.5 Å². The monoisotopic (exact) mass is 482 g/mol.